The first-order valence-electron chi connectivity index (χ1n) is 20.6. The van der Waals surface area contributed by atoms with Gasteiger partial charge in [0.05, 0.1) is 22.4 Å². The molecule has 0 bridgehead atoms. The molecule has 0 saturated carbocycles. The second kappa shape index (κ2) is 15.1. The molecule has 0 N–H and O–H groups in total. The maximum Gasteiger partial charge on any atom is 0.0547 e. The van der Waals surface area contributed by atoms with Crippen molar-refractivity contribution in [3.63, 3.8) is 0 Å². The predicted molar refractivity (Wildman–Crippen MR) is 255 cm³/mol. The molecule has 60 heavy (non-hydrogen) atoms. The van der Waals surface area contributed by atoms with Crippen LogP contribution in [0.3, 0.4) is 0 Å². The third kappa shape index (κ3) is 6.23. The number of rotatable bonds is 8. The minimum Gasteiger partial charge on any atom is -0.310 e. The number of anilines is 3. The van der Waals surface area contributed by atoms with E-state index in [-0.39, 0.29) is 0 Å². The fourth-order valence-corrected chi connectivity index (χ4v) is 8.96. The Bertz CT molecular complexity index is 3290. The lowest BCUT2D eigenvalue weighted by atomic mass is 9.96. The molecular weight excluding hydrogens is 725 g/mol. The van der Waals surface area contributed by atoms with Crippen molar-refractivity contribution >= 4 is 49.6 Å². The number of fused-ring (bicyclic) bond motifs is 4. The molecule has 0 aliphatic heterocycles. The zero-order chi connectivity index (χ0) is 39.8. The Morgan fingerprint density at radius 2 is 0.817 bits per heavy atom. The topological polar surface area (TPSA) is 8.17 Å². The summed E-state index contributed by atoms with van der Waals surface area (Å²) < 4.78 is 2.45. The molecule has 0 fully saturated rings. The van der Waals surface area contributed by atoms with E-state index in [1.807, 2.05) is 0 Å². The summed E-state index contributed by atoms with van der Waals surface area (Å²) in [5, 5.41) is 4.94. The van der Waals surface area contributed by atoms with Gasteiger partial charge >= 0.3 is 0 Å². The van der Waals surface area contributed by atoms with Crippen molar-refractivity contribution in [1.82, 2.24) is 4.57 Å². The number of para-hydroxylation sites is 3. The highest BCUT2D eigenvalue weighted by molar-refractivity contribution is 6.17. The molecule has 0 aliphatic rings. The van der Waals surface area contributed by atoms with E-state index < -0.39 is 0 Å². The molecule has 0 radical (unpaired) electrons. The van der Waals surface area contributed by atoms with Gasteiger partial charge in [-0.15, -0.1) is 0 Å². The Morgan fingerprint density at radius 3 is 1.57 bits per heavy atom. The zero-order valence-corrected chi connectivity index (χ0v) is 33.0. The number of hydrogen-bond donors (Lipinski definition) is 0. The van der Waals surface area contributed by atoms with Crippen molar-refractivity contribution in [2.24, 2.45) is 0 Å². The molecule has 0 saturated heterocycles. The molecule has 10 aromatic carbocycles. The van der Waals surface area contributed by atoms with Crippen LogP contribution < -0.4 is 4.90 Å². The van der Waals surface area contributed by atoms with Crippen LogP contribution in [0.25, 0.3) is 82.8 Å². The molecule has 1 heterocycles. The van der Waals surface area contributed by atoms with Crippen molar-refractivity contribution in [1.29, 1.82) is 0 Å². The molecule has 0 amide bonds. The second-order valence-corrected chi connectivity index (χ2v) is 15.3. The van der Waals surface area contributed by atoms with Crippen LogP contribution in [-0.2, 0) is 0 Å². The van der Waals surface area contributed by atoms with E-state index >= 15 is 0 Å². The number of benzene rings is 10. The molecule has 11 rings (SSSR count). The summed E-state index contributed by atoms with van der Waals surface area (Å²) in [5.74, 6) is 0. The van der Waals surface area contributed by atoms with Crippen molar-refractivity contribution < 1.29 is 0 Å². The van der Waals surface area contributed by atoms with Crippen LogP contribution in [0.15, 0.2) is 243 Å². The second-order valence-electron chi connectivity index (χ2n) is 15.3. The van der Waals surface area contributed by atoms with Gasteiger partial charge < -0.3 is 9.47 Å². The van der Waals surface area contributed by atoms with Gasteiger partial charge in [0, 0.05) is 33.3 Å². The Hall–Kier alpha value is -7.94. The van der Waals surface area contributed by atoms with Crippen LogP contribution in [-0.4, -0.2) is 4.57 Å². The summed E-state index contributed by atoms with van der Waals surface area (Å²) in [5.41, 5.74) is 16.3. The van der Waals surface area contributed by atoms with Crippen molar-refractivity contribution in [3.05, 3.63) is 243 Å². The fraction of sp³-hybridized carbons (Fsp3) is 0. The van der Waals surface area contributed by atoms with Gasteiger partial charge in [-0.05, 0) is 98.8 Å². The minimum atomic E-state index is 1.09. The van der Waals surface area contributed by atoms with Crippen LogP contribution >= 0.6 is 0 Å². The molecular formula is C58H40N2. The Kier molecular flexibility index (Phi) is 8.87. The van der Waals surface area contributed by atoms with Crippen molar-refractivity contribution in [3.8, 4) is 50.2 Å². The molecule has 2 nitrogen and oxygen atoms in total. The summed E-state index contributed by atoms with van der Waals surface area (Å²) in [6.45, 7) is 0. The van der Waals surface area contributed by atoms with Gasteiger partial charge in [0.15, 0.2) is 0 Å². The van der Waals surface area contributed by atoms with E-state index in [0.29, 0.717) is 0 Å². The third-order valence-corrected chi connectivity index (χ3v) is 11.8. The van der Waals surface area contributed by atoms with Gasteiger partial charge in [0.1, 0.15) is 0 Å². The maximum atomic E-state index is 2.45. The Morgan fingerprint density at radius 1 is 0.300 bits per heavy atom. The summed E-state index contributed by atoms with van der Waals surface area (Å²) in [7, 11) is 0. The molecule has 1 aromatic heterocycles. The van der Waals surface area contributed by atoms with Crippen molar-refractivity contribution in [2.75, 3.05) is 4.90 Å². The summed E-state index contributed by atoms with van der Waals surface area (Å²) in [6, 6.07) is 87.9. The first kappa shape index (κ1) is 35.2. The van der Waals surface area contributed by atoms with Gasteiger partial charge in [0.2, 0.25) is 0 Å². The largest absolute Gasteiger partial charge is 0.310 e. The Labute approximate surface area is 350 Å². The SMILES string of the molecule is c1ccc(-c2ccc(N(c3ccc(-c4ccc5ccccc5c4)cc3)c3ccccc3-c3cccc4c3c3ccccc3n4-c3ccccc3-c3ccccc3)cc2)cc1. The minimum absolute atomic E-state index is 1.09. The highest BCUT2D eigenvalue weighted by atomic mass is 15.1. The summed E-state index contributed by atoms with van der Waals surface area (Å²) >= 11 is 0. The highest BCUT2D eigenvalue weighted by Gasteiger charge is 2.22. The number of nitrogens with zero attached hydrogens (tertiary/aromatic N) is 2. The fourth-order valence-electron chi connectivity index (χ4n) is 8.96. The first-order chi connectivity index (χ1) is 29.8. The monoisotopic (exact) mass is 764 g/mol. The number of hydrogen-bond acceptors (Lipinski definition) is 1. The normalized spacial score (nSPS) is 11.3. The van der Waals surface area contributed by atoms with E-state index in [4.69, 9.17) is 0 Å². The third-order valence-electron chi connectivity index (χ3n) is 11.8. The van der Waals surface area contributed by atoms with E-state index in [9.17, 15) is 0 Å². The standard InChI is InChI=1S/C58H40N2/c1-3-16-41(17-4-1)43-32-36-48(37-33-43)59(49-38-34-44(35-39-49)47-31-30-42-18-7-8-21-46(42)40-47)55-27-13-10-23-51(55)52-25-15-29-57-58(52)53-24-11-14-28-56(53)60(57)54-26-12-9-22-50(54)45-19-5-2-6-20-45/h1-40H. The lowest BCUT2D eigenvalue weighted by molar-refractivity contribution is 1.18. The van der Waals surface area contributed by atoms with Gasteiger partial charge in [-0.1, -0.05) is 188 Å². The zero-order valence-electron chi connectivity index (χ0n) is 33.0. The first-order valence-corrected chi connectivity index (χ1v) is 20.6. The molecule has 0 atom stereocenters. The quantitative estimate of drug-likeness (QED) is 0.150. The molecule has 11 aromatic rings. The van der Waals surface area contributed by atoms with Crippen LogP contribution in [0.1, 0.15) is 0 Å². The van der Waals surface area contributed by atoms with Gasteiger partial charge in [0.25, 0.3) is 0 Å². The molecule has 2 heteroatoms. The van der Waals surface area contributed by atoms with Crippen LogP contribution in [0.4, 0.5) is 17.1 Å². The molecule has 0 aliphatic carbocycles. The smallest absolute Gasteiger partial charge is 0.0547 e. The average Bonchev–Trinajstić information content (AvgIpc) is 3.67. The van der Waals surface area contributed by atoms with E-state index in [1.54, 1.807) is 0 Å². The molecule has 282 valence electrons. The molecule has 0 unspecified atom stereocenters. The van der Waals surface area contributed by atoms with Crippen LogP contribution in [0, 0.1) is 0 Å². The lowest BCUT2D eigenvalue weighted by Crippen LogP contribution is -2.11. The molecule has 0 spiro atoms. The summed E-state index contributed by atoms with van der Waals surface area (Å²) in [6.07, 6.45) is 0. The predicted octanol–water partition coefficient (Wildman–Crippen LogP) is 16.1. The Balaban J connectivity index is 1.10. The van der Waals surface area contributed by atoms with Gasteiger partial charge in [-0.2, -0.15) is 0 Å². The summed E-state index contributed by atoms with van der Waals surface area (Å²) in [4.78, 5) is 2.41. The van der Waals surface area contributed by atoms with E-state index in [2.05, 4.69) is 252 Å². The van der Waals surface area contributed by atoms with Gasteiger partial charge in [-0.3, -0.25) is 0 Å². The highest BCUT2D eigenvalue weighted by Crippen LogP contribution is 2.46. The van der Waals surface area contributed by atoms with Crippen LogP contribution in [0.5, 0.6) is 0 Å². The van der Waals surface area contributed by atoms with E-state index in [0.717, 1.165) is 28.3 Å². The maximum absolute atomic E-state index is 2.45. The average molecular weight is 765 g/mol. The van der Waals surface area contributed by atoms with Gasteiger partial charge in [-0.25, -0.2) is 0 Å². The lowest BCUT2D eigenvalue weighted by Gasteiger charge is -2.28. The number of aromatic nitrogens is 1. The van der Waals surface area contributed by atoms with Crippen molar-refractivity contribution in [2.45, 2.75) is 0 Å². The van der Waals surface area contributed by atoms with Crippen LogP contribution in [0.2, 0.25) is 0 Å². The van der Waals surface area contributed by atoms with E-state index in [1.165, 1.54) is 71.5 Å².